The van der Waals surface area contributed by atoms with Crippen LogP contribution in [0, 0.1) is 0 Å². The molecule has 7 nitrogen and oxygen atoms in total. The second kappa shape index (κ2) is 9.98. The van der Waals surface area contributed by atoms with Crippen molar-refractivity contribution in [2.75, 3.05) is 11.9 Å². The van der Waals surface area contributed by atoms with Gasteiger partial charge in [-0.25, -0.2) is 9.59 Å². The highest BCUT2D eigenvalue weighted by molar-refractivity contribution is 6.00. The fraction of sp³-hybridized carbons (Fsp3) is 0.182. The predicted molar refractivity (Wildman–Crippen MR) is 109 cm³/mol. The highest BCUT2D eigenvalue weighted by atomic mass is 16.5. The maximum atomic E-state index is 13.1. The number of aromatic nitrogens is 2. The van der Waals surface area contributed by atoms with Crippen LogP contribution >= 0.6 is 0 Å². The van der Waals surface area contributed by atoms with Gasteiger partial charge in [0, 0.05) is 12.4 Å². The lowest BCUT2D eigenvalue weighted by atomic mass is 10.2. The van der Waals surface area contributed by atoms with E-state index in [9.17, 15) is 9.59 Å². The Balaban J connectivity index is 1.82. The van der Waals surface area contributed by atoms with E-state index < -0.39 is 5.97 Å². The van der Waals surface area contributed by atoms with Crippen molar-refractivity contribution in [2.45, 2.75) is 20.0 Å². The monoisotopic (exact) mass is 390 g/mol. The normalized spacial score (nSPS) is 10.2. The molecule has 29 heavy (non-hydrogen) atoms. The lowest BCUT2D eigenvalue weighted by Gasteiger charge is -2.23. The van der Waals surface area contributed by atoms with Gasteiger partial charge in [-0.3, -0.25) is 9.97 Å². The largest absolute Gasteiger partial charge is 0.462 e. The third-order valence-corrected chi connectivity index (χ3v) is 4.11. The van der Waals surface area contributed by atoms with E-state index in [4.69, 9.17) is 4.74 Å². The van der Waals surface area contributed by atoms with E-state index in [1.54, 1.807) is 48.5 Å². The second-order valence-corrected chi connectivity index (χ2v) is 6.19. The predicted octanol–water partition coefficient (Wildman–Crippen LogP) is 3.89. The van der Waals surface area contributed by atoms with Crippen molar-refractivity contribution in [3.63, 3.8) is 0 Å². The van der Waals surface area contributed by atoms with Crippen molar-refractivity contribution in [2.24, 2.45) is 0 Å². The van der Waals surface area contributed by atoms with Crippen LogP contribution in [0.5, 0.6) is 0 Å². The zero-order valence-electron chi connectivity index (χ0n) is 16.1. The Morgan fingerprint density at radius 2 is 1.48 bits per heavy atom. The summed E-state index contributed by atoms with van der Waals surface area (Å²) >= 11 is 0. The molecule has 0 fully saturated rings. The molecule has 0 unspecified atom stereocenters. The SMILES string of the molecule is CCOC(=O)c1ccccc1NC(=O)N(Cc1ccccn1)Cc1ccccn1. The highest BCUT2D eigenvalue weighted by Gasteiger charge is 2.19. The van der Waals surface area contributed by atoms with Crippen LogP contribution in [0.1, 0.15) is 28.7 Å². The van der Waals surface area contributed by atoms with Gasteiger partial charge in [-0.2, -0.15) is 0 Å². The van der Waals surface area contributed by atoms with Gasteiger partial charge in [-0.1, -0.05) is 24.3 Å². The number of carbonyl (C=O) groups is 2. The third-order valence-electron chi connectivity index (χ3n) is 4.11. The molecule has 0 spiro atoms. The van der Waals surface area contributed by atoms with Gasteiger partial charge in [0.25, 0.3) is 0 Å². The van der Waals surface area contributed by atoms with E-state index in [0.717, 1.165) is 11.4 Å². The number of pyridine rings is 2. The first-order valence-electron chi connectivity index (χ1n) is 9.29. The molecule has 148 valence electrons. The average molecular weight is 390 g/mol. The van der Waals surface area contributed by atoms with Crippen LogP contribution in [0.25, 0.3) is 0 Å². The number of anilines is 1. The van der Waals surface area contributed by atoms with Gasteiger partial charge in [-0.15, -0.1) is 0 Å². The Kier molecular flexibility index (Phi) is 6.89. The first-order chi connectivity index (χ1) is 14.2. The molecular weight excluding hydrogens is 368 g/mol. The van der Waals surface area contributed by atoms with Crippen molar-refractivity contribution in [3.8, 4) is 0 Å². The number of nitrogens with one attached hydrogen (secondary N) is 1. The fourth-order valence-electron chi connectivity index (χ4n) is 2.75. The molecular formula is C22H22N4O3. The number of rotatable bonds is 7. The minimum absolute atomic E-state index is 0.257. The molecule has 1 aromatic carbocycles. The summed E-state index contributed by atoms with van der Waals surface area (Å²) in [7, 11) is 0. The number of ether oxygens (including phenoxy) is 1. The maximum Gasteiger partial charge on any atom is 0.340 e. The van der Waals surface area contributed by atoms with Gasteiger partial charge in [-0.05, 0) is 43.3 Å². The van der Waals surface area contributed by atoms with Gasteiger partial charge < -0.3 is 15.0 Å². The maximum absolute atomic E-state index is 13.1. The standard InChI is InChI=1S/C22H22N4O3/c1-2-29-21(27)19-11-3-4-12-20(19)25-22(28)26(15-17-9-5-7-13-23-17)16-18-10-6-8-14-24-18/h3-14H,2,15-16H2,1H3,(H,25,28). The van der Waals surface area contributed by atoms with Gasteiger partial charge >= 0.3 is 12.0 Å². The van der Waals surface area contributed by atoms with Crippen LogP contribution in [0.3, 0.4) is 0 Å². The van der Waals surface area contributed by atoms with Crippen molar-refractivity contribution >= 4 is 17.7 Å². The van der Waals surface area contributed by atoms with Crippen LogP contribution in [-0.4, -0.2) is 33.5 Å². The first kappa shape index (κ1) is 20.0. The highest BCUT2D eigenvalue weighted by Crippen LogP contribution is 2.18. The average Bonchev–Trinajstić information content (AvgIpc) is 2.75. The molecule has 0 aliphatic rings. The second-order valence-electron chi connectivity index (χ2n) is 6.19. The van der Waals surface area contributed by atoms with Crippen LogP contribution in [0.2, 0.25) is 0 Å². The Labute approximate surface area is 169 Å². The first-order valence-corrected chi connectivity index (χ1v) is 9.29. The number of amides is 2. The minimum Gasteiger partial charge on any atom is -0.462 e. The summed E-state index contributed by atoms with van der Waals surface area (Å²) in [6.45, 7) is 2.59. The molecule has 0 aliphatic heterocycles. The molecule has 0 aliphatic carbocycles. The van der Waals surface area contributed by atoms with Crippen molar-refractivity contribution in [1.29, 1.82) is 0 Å². The van der Waals surface area contributed by atoms with E-state index >= 15 is 0 Å². The Morgan fingerprint density at radius 1 is 0.897 bits per heavy atom. The zero-order chi connectivity index (χ0) is 20.5. The van der Waals surface area contributed by atoms with E-state index in [-0.39, 0.29) is 12.6 Å². The number of carbonyl (C=O) groups excluding carboxylic acids is 2. The zero-order valence-corrected chi connectivity index (χ0v) is 16.1. The summed E-state index contributed by atoms with van der Waals surface area (Å²) < 4.78 is 5.08. The summed E-state index contributed by atoms with van der Waals surface area (Å²) in [4.78, 5) is 35.4. The van der Waals surface area contributed by atoms with Crippen LogP contribution in [-0.2, 0) is 17.8 Å². The van der Waals surface area contributed by atoms with Gasteiger partial charge in [0.15, 0.2) is 0 Å². The molecule has 0 atom stereocenters. The van der Waals surface area contributed by atoms with Crippen molar-refractivity contribution in [1.82, 2.24) is 14.9 Å². The van der Waals surface area contributed by atoms with E-state index in [1.165, 1.54) is 0 Å². The topological polar surface area (TPSA) is 84.4 Å². The smallest absolute Gasteiger partial charge is 0.340 e. The Bertz CT molecular complexity index is 907. The van der Waals surface area contributed by atoms with Gasteiger partial charge in [0.2, 0.25) is 0 Å². The number of benzene rings is 1. The molecule has 2 amide bonds. The number of hydrogen-bond donors (Lipinski definition) is 1. The molecule has 3 aromatic rings. The molecule has 0 bridgehead atoms. The summed E-state index contributed by atoms with van der Waals surface area (Å²) in [5.74, 6) is -0.482. The Morgan fingerprint density at radius 3 is 2.03 bits per heavy atom. The van der Waals surface area contributed by atoms with Gasteiger partial charge in [0.05, 0.1) is 42.3 Å². The summed E-state index contributed by atoms with van der Waals surface area (Å²) in [6.07, 6.45) is 3.37. The molecule has 1 N–H and O–H groups in total. The molecule has 3 rings (SSSR count). The molecule has 0 saturated carbocycles. The molecule has 2 aromatic heterocycles. The summed E-state index contributed by atoms with van der Waals surface area (Å²) in [6, 6.07) is 17.5. The number of hydrogen-bond acceptors (Lipinski definition) is 5. The minimum atomic E-state index is -0.482. The third kappa shape index (κ3) is 5.62. The summed E-state index contributed by atoms with van der Waals surface area (Å²) in [5, 5.41) is 2.82. The lowest BCUT2D eigenvalue weighted by molar-refractivity contribution is 0.0527. The van der Waals surface area contributed by atoms with Gasteiger partial charge in [0.1, 0.15) is 0 Å². The quantitative estimate of drug-likeness (QED) is 0.619. The molecule has 0 radical (unpaired) electrons. The molecule has 7 heteroatoms. The summed E-state index contributed by atoms with van der Waals surface area (Å²) in [5.41, 5.74) is 2.19. The number of nitrogens with zero attached hydrogens (tertiary/aromatic N) is 3. The van der Waals surface area contributed by atoms with Crippen LogP contribution < -0.4 is 5.32 Å². The van der Waals surface area contributed by atoms with Crippen LogP contribution in [0.15, 0.2) is 73.1 Å². The van der Waals surface area contributed by atoms with E-state index in [0.29, 0.717) is 24.3 Å². The van der Waals surface area contributed by atoms with Crippen molar-refractivity contribution in [3.05, 3.63) is 90.0 Å². The lowest BCUT2D eigenvalue weighted by Crippen LogP contribution is -2.35. The fourth-order valence-corrected chi connectivity index (χ4v) is 2.75. The van der Waals surface area contributed by atoms with E-state index in [2.05, 4.69) is 15.3 Å². The number of urea groups is 1. The molecule has 0 saturated heterocycles. The Hall–Kier alpha value is -3.74. The van der Waals surface area contributed by atoms with Crippen LogP contribution in [0.4, 0.5) is 10.5 Å². The van der Waals surface area contributed by atoms with E-state index in [1.807, 2.05) is 36.4 Å². The molecule has 2 heterocycles. The number of esters is 1. The van der Waals surface area contributed by atoms with Crippen molar-refractivity contribution < 1.29 is 14.3 Å². The number of para-hydroxylation sites is 1.